The van der Waals surface area contributed by atoms with Gasteiger partial charge in [-0.1, -0.05) is 30.3 Å². The molecule has 7 nitrogen and oxygen atoms in total. The first kappa shape index (κ1) is 28.7. The first-order valence-corrected chi connectivity index (χ1v) is 14.2. The molecule has 1 saturated carbocycles. The van der Waals surface area contributed by atoms with Crippen molar-refractivity contribution in [1.82, 2.24) is 15.1 Å². The zero-order chi connectivity index (χ0) is 27.8. The lowest BCUT2D eigenvalue weighted by Gasteiger charge is -2.42. The Labute approximate surface area is 230 Å². The standard InChI is InChI=1S/C31H41FN4O3/c1-22(37)35-18-16-28(19-29(35)30(38)34-21-25-9-7-24(20-33)8-10-25)36(17-15-23-5-3-2-4-6-23)31(39)26-11-13-27(32)14-12-26/h2-6,11-14,24-25,28-29H,7-10,15-21,33H2,1H3,(H,34,38)/t24?,25?,28?,29-/m1/s1. The highest BCUT2D eigenvalue weighted by Gasteiger charge is 2.38. The average molecular weight is 537 g/mol. The monoisotopic (exact) mass is 536 g/mol. The number of halogens is 1. The predicted octanol–water partition coefficient (Wildman–Crippen LogP) is 3.77. The van der Waals surface area contributed by atoms with Crippen LogP contribution in [-0.2, 0) is 16.0 Å². The van der Waals surface area contributed by atoms with Gasteiger partial charge in [0.1, 0.15) is 11.9 Å². The zero-order valence-corrected chi connectivity index (χ0v) is 22.9. The Morgan fingerprint density at radius 3 is 2.28 bits per heavy atom. The molecule has 4 rings (SSSR count). The van der Waals surface area contributed by atoms with Gasteiger partial charge in [-0.15, -0.1) is 0 Å². The second-order valence-corrected chi connectivity index (χ2v) is 11.0. The topological polar surface area (TPSA) is 95.7 Å². The number of rotatable bonds is 9. The van der Waals surface area contributed by atoms with Crippen molar-refractivity contribution in [2.24, 2.45) is 17.6 Å². The summed E-state index contributed by atoms with van der Waals surface area (Å²) < 4.78 is 13.6. The molecule has 3 N–H and O–H groups in total. The number of nitrogens with one attached hydrogen (secondary N) is 1. The molecule has 8 heteroatoms. The molecule has 0 radical (unpaired) electrons. The van der Waals surface area contributed by atoms with E-state index in [9.17, 15) is 18.8 Å². The lowest BCUT2D eigenvalue weighted by Crippen LogP contribution is -2.58. The Morgan fingerprint density at radius 2 is 1.64 bits per heavy atom. The Morgan fingerprint density at radius 1 is 0.974 bits per heavy atom. The molecule has 1 unspecified atom stereocenters. The van der Waals surface area contributed by atoms with Gasteiger partial charge < -0.3 is 20.9 Å². The number of likely N-dealkylation sites (tertiary alicyclic amines) is 1. The SMILES string of the molecule is CC(=O)N1CCC(N(CCc2ccccc2)C(=O)c2ccc(F)cc2)C[C@@H]1C(=O)NCC1CCC(CN)CC1. The van der Waals surface area contributed by atoms with Gasteiger partial charge in [0.15, 0.2) is 0 Å². The largest absolute Gasteiger partial charge is 0.354 e. The number of amides is 3. The number of piperidine rings is 1. The molecule has 210 valence electrons. The van der Waals surface area contributed by atoms with Crippen LogP contribution in [0.25, 0.3) is 0 Å². The number of carbonyl (C=O) groups is 3. The normalized spacial score (nSPS) is 23.2. The molecule has 2 aliphatic rings. The van der Waals surface area contributed by atoms with E-state index in [0.29, 0.717) is 62.8 Å². The van der Waals surface area contributed by atoms with Crippen LogP contribution >= 0.6 is 0 Å². The van der Waals surface area contributed by atoms with Crippen molar-refractivity contribution in [3.05, 3.63) is 71.5 Å². The Hall–Kier alpha value is -3.26. The van der Waals surface area contributed by atoms with Gasteiger partial charge in [0.2, 0.25) is 11.8 Å². The maximum absolute atomic E-state index is 13.7. The van der Waals surface area contributed by atoms with Crippen LogP contribution in [0, 0.1) is 17.7 Å². The number of hydrogen-bond acceptors (Lipinski definition) is 4. The summed E-state index contributed by atoms with van der Waals surface area (Å²) in [6.07, 6.45) is 5.87. The fourth-order valence-electron chi connectivity index (χ4n) is 5.99. The Bertz CT molecular complexity index is 1100. The van der Waals surface area contributed by atoms with Crippen LogP contribution in [0.3, 0.4) is 0 Å². The van der Waals surface area contributed by atoms with Crippen LogP contribution in [0.2, 0.25) is 0 Å². The van der Waals surface area contributed by atoms with E-state index in [4.69, 9.17) is 5.73 Å². The van der Waals surface area contributed by atoms with Gasteiger partial charge in [-0.05, 0) is 93.2 Å². The van der Waals surface area contributed by atoms with Gasteiger partial charge >= 0.3 is 0 Å². The molecule has 2 atom stereocenters. The molecule has 1 heterocycles. The van der Waals surface area contributed by atoms with E-state index in [1.54, 1.807) is 4.90 Å². The fraction of sp³-hybridized carbons (Fsp3) is 0.516. The molecule has 1 aliphatic heterocycles. The van der Waals surface area contributed by atoms with Gasteiger partial charge in [0, 0.05) is 38.2 Å². The number of nitrogens with zero attached hydrogens (tertiary/aromatic N) is 2. The lowest BCUT2D eigenvalue weighted by molar-refractivity contribution is -0.142. The summed E-state index contributed by atoms with van der Waals surface area (Å²) in [5.74, 6) is 0.105. The third-order valence-electron chi connectivity index (χ3n) is 8.42. The first-order valence-electron chi connectivity index (χ1n) is 14.2. The summed E-state index contributed by atoms with van der Waals surface area (Å²) in [4.78, 5) is 43.0. The van der Waals surface area contributed by atoms with Crippen LogP contribution < -0.4 is 11.1 Å². The van der Waals surface area contributed by atoms with Crippen molar-refractivity contribution in [3.8, 4) is 0 Å². The van der Waals surface area contributed by atoms with E-state index in [1.807, 2.05) is 35.2 Å². The first-order chi connectivity index (χ1) is 18.9. The van der Waals surface area contributed by atoms with Gasteiger partial charge in [0.25, 0.3) is 5.91 Å². The minimum atomic E-state index is -0.637. The maximum Gasteiger partial charge on any atom is 0.254 e. The molecular weight excluding hydrogens is 495 g/mol. The van der Waals surface area contributed by atoms with Crippen molar-refractivity contribution < 1.29 is 18.8 Å². The lowest BCUT2D eigenvalue weighted by atomic mass is 9.82. The van der Waals surface area contributed by atoms with Crippen molar-refractivity contribution in [2.75, 3.05) is 26.2 Å². The Kier molecular flexibility index (Phi) is 10.1. The molecule has 1 aliphatic carbocycles. The smallest absolute Gasteiger partial charge is 0.254 e. The average Bonchev–Trinajstić information content (AvgIpc) is 2.97. The van der Waals surface area contributed by atoms with E-state index >= 15 is 0 Å². The summed E-state index contributed by atoms with van der Waals surface area (Å²) in [6.45, 7) is 3.66. The number of carbonyl (C=O) groups excluding carboxylic acids is 3. The van der Waals surface area contributed by atoms with E-state index in [0.717, 1.165) is 31.2 Å². The molecular formula is C31H41FN4O3. The maximum atomic E-state index is 13.7. The molecule has 39 heavy (non-hydrogen) atoms. The Balaban J connectivity index is 1.48. The molecule has 0 spiro atoms. The van der Waals surface area contributed by atoms with Crippen LogP contribution in [0.1, 0.15) is 61.4 Å². The van der Waals surface area contributed by atoms with Gasteiger partial charge in [-0.3, -0.25) is 14.4 Å². The highest BCUT2D eigenvalue weighted by Crippen LogP contribution is 2.28. The number of benzene rings is 2. The van der Waals surface area contributed by atoms with Crippen molar-refractivity contribution in [3.63, 3.8) is 0 Å². The van der Waals surface area contributed by atoms with Gasteiger partial charge in [-0.2, -0.15) is 0 Å². The van der Waals surface area contributed by atoms with Crippen molar-refractivity contribution in [1.29, 1.82) is 0 Å². The predicted molar refractivity (Wildman–Crippen MR) is 149 cm³/mol. The van der Waals surface area contributed by atoms with Gasteiger partial charge in [-0.25, -0.2) is 4.39 Å². The molecule has 0 aromatic heterocycles. The van der Waals surface area contributed by atoms with Crippen molar-refractivity contribution in [2.45, 2.75) is 64.0 Å². The van der Waals surface area contributed by atoms with E-state index in [1.165, 1.54) is 31.2 Å². The van der Waals surface area contributed by atoms with Crippen LogP contribution in [0.15, 0.2) is 54.6 Å². The van der Waals surface area contributed by atoms with E-state index < -0.39 is 11.9 Å². The van der Waals surface area contributed by atoms with Gasteiger partial charge in [0.05, 0.1) is 0 Å². The molecule has 0 bridgehead atoms. The minimum Gasteiger partial charge on any atom is -0.354 e. The highest BCUT2D eigenvalue weighted by atomic mass is 19.1. The third-order valence-corrected chi connectivity index (χ3v) is 8.42. The van der Waals surface area contributed by atoms with Crippen LogP contribution in [0.5, 0.6) is 0 Å². The number of hydrogen-bond donors (Lipinski definition) is 2. The number of nitrogens with two attached hydrogens (primary N) is 1. The molecule has 1 saturated heterocycles. The summed E-state index contributed by atoms with van der Waals surface area (Å²) in [5, 5.41) is 3.12. The van der Waals surface area contributed by atoms with Crippen LogP contribution in [-0.4, -0.2) is 65.8 Å². The molecule has 2 aromatic carbocycles. The molecule has 2 aromatic rings. The van der Waals surface area contributed by atoms with Crippen molar-refractivity contribution >= 4 is 17.7 Å². The summed E-state index contributed by atoms with van der Waals surface area (Å²) >= 11 is 0. The third kappa shape index (κ3) is 7.66. The van der Waals surface area contributed by atoms with E-state index in [-0.39, 0.29) is 23.8 Å². The molecule has 2 fully saturated rings. The zero-order valence-electron chi connectivity index (χ0n) is 22.9. The second kappa shape index (κ2) is 13.7. The highest BCUT2D eigenvalue weighted by molar-refractivity contribution is 5.94. The molecule has 3 amide bonds. The fourth-order valence-corrected chi connectivity index (χ4v) is 5.99. The summed E-state index contributed by atoms with van der Waals surface area (Å²) in [6, 6.07) is 14.7. The summed E-state index contributed by atoms with van der Waals surface area (Å²) in [5.41, 5.74) is 7.33. The quantitative estimate of drug-likeness (QED) is 0.510. The van der Waals surface area contributed by atoms with Crippen LogP contribution in [0.4, 0.5) is 4.39 Å². The summed E-state index contributed by atoms with van der Waals surface area (Å²) in [7, 11) is 0. The van der Waals surface area contributed by atoms with E-state index in [2.05, 4.69) is 5.32 Å². The minimum absolute atomic E-state index is 0.141. The second-order valence-electron chi connectivity index (χ2n) is 11.0.